The second kappa shape index (κ2) is 9.54. The Bertz CT molecular complexity index is 929. The van der Waals surface area contributed by atoms with E-state index in [1.165, 1.54) is 30.5 Å². The van der Waals surface area contributed by atoms with Crippen LogP contribution < -0.4 is 14.8 Å². The van der Waals surface area contributed by atoms with Crippen LogP contribution in [0.1, 0.15) is 0 Å². The average Bonchev–Trinajstić information content (AvgIpc) is 2.69. The van der Waals surface area contributed by atoms with Gasteiger partial charge in [-0.1, -0.05) is 29.3 Å². The molecule has 0 saturated carbocycles. The smallest absolute Gasteiger partial charge is 0.226 e. The van der Waals surface area contributed by atoms with E-state index in [1.807, 2.05) is 0 Å². The lowest BCUT2D eigenvalue weighted by molar-refractivity contribution is 0.117. The summed E-state index contributed by atoms with van der Waals surface area (Å²) in [4.78, 5) is 8.24. The highest BCUT2D eigenvalue weighted by molar-refractivity contribution is 6.42. The van der Waals surface area contributed by atoms with E-state index in [-0.39, 0.29) is 30.8 Å². The molecule has 2 aromatic carbocycles. The zero-order valence-corrected chi connectivity index (χ0v) is 16.0. The maximum absolute atomic E-state index is 12.9. The minimum atomic E-state index is -0.847. The van der Waals surface area contributed by atoms with Gasteiger partial charge in [0.2, 0.25) is 11.8 Å². The van der Waals surface area contributed by atoms with Gasteiger partial charge in [0.15, 0.2) is 0 Å². The molecule has 0 amide bonds. The number of aromatic nitrogens is 2. The summed E-state index contributed by atoms with van der Waals surface area (Å²) in [5, 5.41) is 13.6. The highest BCUT2D eigenvalue weighted by atomic mass is 35.5. The lowest BCUT2D eigenvalue weighted by Crippen LogP contribution is -2.27. The first-order chi connectivity index (χ1) is 13.5. The monoisotopic (exact) mass is 423 g/mol. The second-order valence-electron chi connectivity index (χ2n) is 5.67. The van der Waals surface area contributed by atoms with E-state index >= 15 is 0 Å². The van der Waals surface area contributed by atoms with Gasteiger partial charge >= 0.3 is 0 Å². The number of hydrogen-bond acceptors (Lipinski definition) is 6. The molecule has 0 fully saturated rings. The molecule has 1 heterocycles. The molecule has 0 aliphatic carbocycles. The van der Waals surface area contributed by atoms with Crippen molar-refractivity contribution in [1.82, 2.24) is 9.97 Å². The summed E-state index contributed by atoms with van der Waals surface area (Å²) >= 11 is 12.0. The summed E-state index contributed by atoms with van der Waals surface area (Å²) < 4.78 is 24.0. The summed E-state index contributed by atoms with van der Waals surface area (Å²) in [6.07, 6.45) is 0.656. The molecule has 3 aromatic rings. The number of aliphatic hydroxyl groups excluding tert-OH is 1. The Balaban J connectivity index is 1.51. The predicted octanol–water partition coefficient (Wildman–Crippen LogP) is 4.57. The molecule has 0 bridgehead atoms. The quantitative estimate of drug-likeness (QED) is 0.552. The number of aliphatic hydroxyl groups is 1. The molecule has 0 radical (unpaired) electrons. The fraction of sp³-hybridized carbons (Fsp3) is 0.158. The van der Waals surface area contributed by atoms with Crippen LogP contribution in [0.2, 0.25) is 10.0 Å². The van der Waals surface area contributed by atoms with Crippen LogP contribution in [-0.4, -0.2) is 34.3 Å². The first kappa shape index (κ1) is 20.1. The van der Waals surface area contributed by atoms with E-state index < -0.39 is 6.10 Å². The molecule has 0 saturated heterocycles. The summed E-state index contributed by atoms with van der Waals surface area (Å²) in [7, 11) is 0. The van der Waals surface area contributed by atoms with Crippen molar-refractivity contribution in [2.45, 2.75) is 6.10 Å². The molecule has 2 N–H and O–H groups in total. The lowest BCUT2D eigenvalue weighted by atomic mass is 10.3. The maximum atomic E-state index is 12.9. The van der Waals surface area contributed by atoms with Crippen LogP contribution in [0.4, 0.5) is 10.3 Å². The Hall–Kier alpha value is -2.61. The van der Waals surface area contributed by atoms with E-state index in [4.69, 9.17) is 32.7 Å². The van der Waals surface area contributed by atoms with Crippen LogP contribution in [0.25, 0.3) is 0 Å². The van der Waals surface area contributed by atoms with E-state index in [0.717, 1.165) is 0 Å². The molecule has 0 spiro atoms. The number of rotatable bonds is 8. The summed E-state index contributed by atoms with van der Waals surface area (Å²) in [5.74, 6) is 1.02. The molecule has 1 unspecified atom stereocenters. The van der Waals surface area contributed by atoms with Crippen molar-refractivity contribution in [3.05, 3.63) is 70.6 Å². The molecule has 3 rings (SSSR count). The predicted molar refractivity (Wildman–Crippen MR) is 105 cm³/mol. The third-order valence-electron chi connectivity index (χ3n) is 3.51. The van der Waals surface area contributed by atoms with Crippen molar-refractivity contribution < 1.29 is 19.0 Å². The molecular weight excluding hydrogens is 408 g/mol. The van der Waals surface area contributed by atoms with Gasteiger partial charge in [0.25, 0.3) is 0 Å². The van der Waals surface area contributed by atoms with Gasteiger partial charge < -0.3 is 19.9 Å². The van der Waals surface area contributed by atoms with Gasteiger partial charge in [0.05, 0.1) is 5.02 Å². The van der Waals surface area contributed by atoms with Gasteiger partial charge in [0, 0.05) is 18.8 Å². The molecule has 146 valence electrons. The Labute approximate surface area is 170 Å². The van der Waals surface area contributed by atoms with Crippen molar-refractivity contribution >= 4 is 29.2 Å². The van der Waals surface area contributed by atoms with Gasteiger partial charge in [-0.3, -0.25) is 0 Å². The van der Waals surface area contributed by atoms with Crippen LogP contribution in [0.3, 0.4) is 0 Å². The standard InChI is InChI=1S/C19H16Cl2FN3O3/c20-15-2-1-3-16(18(15)21)27-11-13(26)10-24-19-23-9-8-17(25-19)28-14-6-4-12(22)5-7-14/h1-9,13,26H,10-11H2,(H,23,24,25). The van der Waals surface area contributed by atoms with E-state index in [0.29, 0.717) is 21.5 Å². The Kier molecular flexibility index (Phi) is 6.86. The SMILES string of the molecule is OC(CNc1nccc(Oc2ccc(F)cc2)n1)COc1cccc(Cl)c1Cl. The van der Waals surface area contributed by atoms with Gasteiger partial charge in [-0.25, -0.2) is 9.37 Å². The third-order valence-corrected chi connectivity index (χ3v) is 4.31. The zero-order chi connectivity index (χ0) is 19.9. The van der Waals surface area contributed by atoms with Crippen LogP contribution in [-0.2, 0) is 0 Å². The summed E-state index contributed by atoms with van der Waals surface area (Å²) in [5.41, 5.74) is 0. The zero-order valence-electron chi connectivity index (χ0n) is 14.5. The number of ether oxygens (including phenoxy) is 2. The Morgan fingerprint density at radius 2 is 1.89 bits per heavy atom. The normalized spacial score (nSPS) is 11.7. The summed E-state index contributed by atoms with van der Waals surface area (Å²) in [6, 6.07) is 12.1. The maximum Gasteiger partial charge on any atom is 0.226 e. The number of nitrogens with one attached hydrogen (secondary N) is 1. The first-order valence-corrected chi connectivity index (χ1v) is 9.02. The van der Waals surface area contributed by atoms with E-state index in [9.17, 15) is 9.50 Å². The fourth-order valence-electron chi connectivity index (χ4n) is 2.16. The van der Waals surface area contributed by atoms with Crippen LogP contribution >= 0.6 is 23.2 Å². The number of halogens is 3. The Morgan fingerprint density at radius 3 is 2.68 bits per heavy atom. The molecule has 1 aromatic heterocycles. The molecule has 0 aliphatic heterocycles. The molecule has 9 heteroatoms. The third kappa shape index (κ3) is 5.69. The molecular formula is C19H16Cl2FN3O3. The minimum Gasteiger partial charge on any atom is -0.489 e. The molecule has 1 atom stereocenters. The number of hydrogen-bond donors (Lipinski definition) is 2. The lowest BCUT2D eigenvalue weighted by Gasteiger charge is -2.14. The van der Waals surface area contributed by atoms with Crippen LogP contribution in [0.15, 0.2) is 54.7 Å². The molecule has 6 nitrogen and oxygen atoms in total. The van der Waals surface area contributed by atoms with Gasteiger partial charge in [-0.15, -0.1) is 0 Å². The first-order valence-electron chi connectivity index (χ1n) is 8.26. The molecule has 28 heavy (non-hydrogen) atoms. The summed E-state index contributed by atoms with van der Waals surface area (Å²) in [6.45, 7) is 0.136. The Morgan fingerprint density at radius 1 is 1.11 bits per heavy atom. The largest absolute Gasteiger partial charge is 0.489 e. The highest BCUT2D eigenvalue weighted by Gasteiger charge is 2.10. The second-order valence-corrected chi connectivity index (χ2v) is 6.46. The fourth-order valence-corrected chi connectivity index (χ4v) is 2.50. The average molecular weight is 424 g/mol. The number of benzene rings is 2. The van der Waals surface area contributed by atoms with E-state index in [2.05, 4.69) is 15.3 Å². The molecule has 0 aliphatic rings. The van der Waals surface area contributed by atoms with Crippen molar-refractivity contribution in [3.8, 4) is 17.4 Å². The highest BCUT2D eigenvalue weighted by Crippen LogP contribution is 2.31. The minimum absolute atomic E-state index is 0.00116. The van der Waals surface area contributed by atoms with Gasteiger partial charge in [-0.05, 0) is 36.4 Å². The number of nitrogens with zero attached hydrogens (tertiary/aromatic N) is 2. The van der Waals surface area contributed by atoms with Crippen LogP contribution in [0.5, 0.6) is 17.4 Å². The van der Waals surface area contributed by atoms with Crippen molar-refractivity contribution in [2.24, 2.45) is 0 Å². The van der Waals surface area contributed by atoms with Crippen molar-refractivity contribution in [2.75, 3.05) is 18.5 Å². The van der Waals surface area contributed by atoms with Crippen molar-refractivity contribution in [3.63, 3.8) is 0 Å². The number of anilines is 1. The van der Waals surface area contributed by atoms with Crippen molar-refractivity contribution in [1.29, 1.82) is 0 Å². The van der Waals surface area contributed by atoms with Gasteiger partial charge in [0.1, 0.15) is 35.0 Å². The van der Waals surface area contributed by atoms with E-state index in [1.54, 1.807) is 24.3 Å². The van der Waals surface area contributed by atoms with Crippen LogP contribution in [0, 0.1) is 5.82 Å². The topological polar surface area (TPSA) is 76.5 Å². The van der Waals surface area contributed by atoms with Gasteiger partial charge in [-0.2, -0.15) is 4.98 Å².